The van der Waals surface area contributed by atoms with Crippen LogP contribution in [-0.2, 0) is 0 Å². The quantitative estimate of drug-likeness (QED) is 0.819. The topological polar surface area (TPSA) is 72.2 Å². The maximum Gasteiger partial charge on any atom is 0.277 e. The molecule has 86 valence electrons. The van der Waals surface area contributed by atoms with Crippen molar-refractivity contribution in [1.82, 2.24) is 5.16 Å². The first-order valence-corrected chi connectivity index (χ1v) is 4.99. The summed E-state index contributed by atoms with van der Waals surface area (Å²) in [5.74, 6) is 0.229. The van der Waals surface area contributed by atoms with Crippen LogP contribution in [-0.4, -0.2) is 17.4 Å². The van der Waals surface area contributed by atoms with Gasteiger partial charge in [-0.3, -0.25) is 9.59 Å². The minimum Gasteiger partial charge on any atom is -0.361 e. The van der Waals surface area contributed by atoms with Crippen molar-refractivity contribution in [2.24, 2.45) is 0 Å². The van der Waals surface area contributed by atoms with Gasteiger partial charge in [-0.1, -0.05) is 5.16 Å². The summed E-state index contributed by atoms with van der Waals surface area (Å²) in [6, 6.07) is 8.09. The van der Waals surface area contributed by atoms with Crippen molar-refractivity contribution in [1.29, 1.82) is 0 Å². The molecule has 2 aromatic rings. The monoisotopic (exact) mass is 230 g/mol. The molecule has 1 N–H and O–H groups in total. The molecule has 0 aliphatic rings. The van der Waals surface area contributed by atoms with E-state index in [0.29, 0.717) is 17.0 Å². The zero-order valence-electron chi connectivity index (χ0n) is 9.14. The number of hydrogen-bond acceptors (Lipinski definition) is 4. The lowest BCUT2D eigenvalue weighted by Crippen LogP contribution is -2.12. The van der Waals surface area contributed by atoms with Crippen LogP contribution in [0.15, 0.2) is 34.9 Å². The lowest BCUT2D eigenvalue weighted by molar-refractivity contribution is 0.101. The first kappa shape index (κ1) is 11.1. The zero-order valence-corrected chi connectivity index (χ0v) is 9.14. The smallest absolute Gasteiger partial charge is 0.277 e. The van der Waals surface area contributed by atoms with Crippen LogP contribution in [0.25, 0.3) is 0 Å². The highest BCUT2D eigenvalue weighted by Gasteiger charge is 2.10. The van der Waals surface area contributed by atoms with Gasteiger partial charge in [-0.15, -0.1) is 0 Å². The minimum absolute atomic E-state index is 0.224. The van der Waals surface area contributed by atoms with Crippen LogP contribution in [0, 0.1) is 6.92 Å². The lowest BCUT2D eigenvalue weighted by Gasteiger charge is -2.02. The van der Waals surface area contributed by atoms with Crippen molar-refractivity contribution in [3.05, 3.63) is 47.3 Å². The Morgan fingerprint density at radius 1 is 1.35 bits per heavy atom. The summed E-state index contributed by atoms with van der Waals surface area (Å²) in [4.78, 5) is 22.1. The van der Waals surface area contributed by atoms with Crippen LogP contribution in [0.5, 0.6) is 0 Å². The number of nitrogens with one attached hydrogen (secondary N) is 1. The SMILES string of the molecule is Cc1cc(C(=O)Nc2ccc(C=O)cc2)no1. The second kappa shape index (κ2) is 4.61. The van der Waals surface area contributed by atoms with E-state index in [1.165, 1.54) is 0 Å². The Bertz CT molecular complexity index is 543. The fourth-order valence-corrected chi connectivity index (χ4v) is 1.31. The normalized spacial score (nSPS) is 9.94. The van der Waals surface area contributed by atoms with E-state index in [1.54, 1.807) is 37.3 Å². The molecule has 1 aromatic heterocycles. The van der Waals surface area contributed by atoms with Crippen molar-refractivity contribution in [3.8, 4) is 0 Å². The average molecular weight is 230 g/mol. The van der Waals surface area contributed by atoms with E-state index in [9.17, 15) is 9.59 Å². The first-order valence-electron chi connectivity index (χ1n) is 4.99. The van der Waals surface area contributed by atoms with E-state index < -0.39 is 0 Å². The Balaban J connectivity index is 2.10. The summed E-state index contributed by atoms with van der Waals surface area (Å²) in [5, 5.41) is 6.25. The summed E-state index contributed by atoms with van der Waals surface area (Å²) in [6.45, 7) is 1.71. The molecule has 0 fully saturated rings. The number of aromatic nitrogens is 1. The summed E-state index contributed by atoms with van der Waals surface area (Å²) in [6.07, 6.45) is 0.743. The second-order valence-electron chi connectivity index (χ2n) is 3.52. The first-order chi connectivity index (χ1) is 8.19. The third-order valence-corrected chi connectivity index (χ3v) is 2.17. The number of nitrogens with zero attached hydrogens (tertiary/aromatic N) is 1. The highest BCUT2D eigenvalue weighted by atomic mass is 16.5. The molecule has 0 atom stereocenters. The molecule has 1 amide bonds. The Labute approximate surface area is 97.4 Å². The highest BCUT2D eigenvalue weighted by molar-refractivity contribution is 6.02. The number of carbonyl (C=O) groups is 2. The third kappa shape index (κ3) is 2.57. The standard InChI is InChI=1S/C12H10N2O3/c1-8-6-11(14-17-8)12(16)13-10-4-2-9(7-15)3-5-10/h2-7H,1H3,(H,13,16). The molecule has 0 saturated carbocycles. The van der Waals surface area contributed by atoms with Crippen LogP contribution >= 0.6 is 0 Å². The molecule has 5 heteroatoms. The van der Waals surface area contributed by atoms with Crippen molar-refractivity contribution in [2.75, 3.05) is 5.32 Å². The van der Waals surface area contributed by atoms with Crippen LogP contribution in [0.3, 0.4) is 0 Å². The number of carbonyl (C=O) groups excluding carboxylic acids is 2. The third-order valence-electron chi connectivity index (χ3n) is 2.17. The fourth-order valence-electron chi connectivity index (χ4n) is 1.31. The van der Waals surface area contributed by atoms with Gasteiger partial charge in [-0.2, -0.15) is 0 Å². The van der Waals surface area contributed by atoms with E-state index in [0.717, 1.165) is 6.29 Å². The van der Waals surface area contributed by atoms with E-state index in [2.05, 4.69) is 10.5 Å². The molecule has 5 nitrogen and oxygen atoms in total. The molecule has 0 aliphatic heterocycles. The maximum absolute atomic E-state index is 11.7. The largest absolute Gasteiger partial charge is 0.361 e. The molecule has 1 aromatic carbocycles. The van der Waals surface area contributed by atoms with Gasteiger partial charge < -0.3 is 9.84 Å². The number of rotatable bonds is 3. The Kier molecular flexibility index (Phi) is 3.00. The molecule has 0 bridgehead atoms. The second-order valence-corrected chi connectivity index (χ2v) is 3.52. The van der Waals surface area contributed by atoms with Gasteiger partial charge in [0.2, 0.25) is 0 Å². The van der Waals surface area contributed by atoms with E-state index in [4.69, 9.17) is 4.52 Å². The molecular weight excluding hydrogens is 220 g/mol. The van der Waals surface area contributed by atoms with Crippen molar-refractivity contribution in [2.45, 2.75) is 6.92 Å². The van der Waals surface area contributed by atoms with Gasteiger partial charge in [0, 0.05) is 17.3 Å². The summed E-state index contributed by atoms with van der Waals surface area (Å²) >= 11 is 0. The Morgan fingerprint density at radius 2 is 2.06 bits per heavy atom. The van der Waals surface area contributed by atoms with Gasteiger partial charge in [-0.25, -0.2) is 0 Å². The predicted molar refractivity (Wildman–Crippen MR) is 61.0 cm³/mol. The van der Waals surface area contributed by atoms with Gasteiger partial charge in [0.1, 0.15) is 12.0 Å². The number of benzene rings is 1. The molecule has 0 aliphatic carbocycles. The van der Waals surface area contributed by atoms with Gasteiger partial charge in [0.25, 0.3) is 5.91 Å². The van der Waals surface area contributed by atoms with Crippen LogP contribution in [0.2, 0.25) is 0 Å². The Morgan fingerprint density at radius 3 is 2.59 bits per heavy atom. The molecule has 0 spiro atoms. The van der Waals surface area contributed by atoms with Crippen LogP contribution in [0.1, 0.15) is 26.6 Å². The van der Waals surface area contributed by atoms with E-state index in [1.807, 2.05) is 0 Å². The number of aryl methyl sites for hydroxylation is 1. The van der Waals surface area contributed by atoms with Crippen LogP contribution < -0.4 is 5.32 Å². The molecule has 0 saturated heterocycles. The highest BCUT2D eigenvalue weighted by Crippen LogP contribution is 2.10. The van der Waals surface area contributed by atoms with Crippen molar-refractivity contribution < 1.29 is 14.1 Å². The molecule has 0 radical (unpaired) electrons. The minimum atomic E-state index is -0.347. The summed E-state index contributed by atoms with van der Waals surface area (Å²) in [7, 11) is 0. The van der Waals surface area contributed by atoms with Gasteiger partial charge in [0.15, 0.2) is 5.69 Å². The summed E-state index contributed by atoms with van der Waals surface area (Å²) < 4.78 is 4.80. The zero-order chi connectivity index (χ0) is 12.3. The Hall–Kier alpha value is -2.43. The fraction of sp³-hybridized carbons (Fsp3) is 0.0833. The number of amides is 1. The van der Waals surface area contributed by atoms with E-state index in [-0.39, 0.29) is 11.6 Å². The number of aldehydes is 1. The molecule has 1 heterocycles. The van der Waals surface area contributed by atoms with Gasteiger partial charge in [-0.05, 0) is 31.2 Å². The maximum atomic E-state index is 11.7. The molecular formula is C12H10N2O3. The average Bonchev–Trinajstić information content (AvgIpc) is 2.77. The number of hydrogen-bond donors (Lipinski definition) is 1. The van der Waals surface area contributed by atoms with Crippen molar-refractivity contribution in [3.63, 3.8) is 0 Å². The predicted octanol–water partition coefficient (Wildman–Crippen LogP) is 2.05. The summed E-state index contributed by atoms with van der Waals surface area (Å²) in [5.41, 5.74) is 1.38. The van der Waals surface area contributed by atoms with Crippen LogP contribution in [0.4, 0.5) is 5.69 Å². The van der Waals surface area contributed by atoms with Crippen molar-refractivity contribution >= 4 is 17.9 Å². The van der Waals surface area contributed by atoms with Gasteiger partial charge >= 0.3 is 0 Å². The molecule has 0 unspecified atom stereocenters. The lowest BCUT2D eigenvalue weighted by atomic mass is 10.2. The van der Waals surface area contributed by atoms with Gasteiger partial charge in [0.05, 0.1) is 0 Å². The molecule has 17 heavy (non-hydrogen) atoms. The van der Waals surface area contributed by atoms with E-state index >= 15 is 0 Å². The number of anilines is 1. The molecule has 2 rings (SSSR count).